The van der Waals surface area contributed by atoms with Crippen molar-refractivity contribution in [1.82, 2.24) is 0 Å². The molecule has 0 aromatic heterocycles. The maximum atomic E-state index is 16.2. The maximum Gasteiger partial charge on any atom is 0.508 e. The molecule has 3 fully saturated rings. The van der Waals surface area contributed by atoms with E-state index in [-0.39, 0.29) is 23.9 Å². The fraction of sp³-hybridized carbons (Fsp3) is 0.759. The van der Waals surface area contributed by atoms with E-state index in [1.165, 1.54) is 17.7 Å². The number of carbonyl (C=O) groups excluding carboxylic acids is 1. The van der Waals surface area contributed by atoms with Crippen LogP contribution in [0.25, 0.3) is 0 Å². The number of carbonyl (C=O) groups is 1. The predicted octanol–water partition coefficient (Wildman–Crippen LogP) is 5.56. The van der Waals surface area contributed by atoms with Crippen LogP contribution in [0.1, 0.15) is 86.0 Å². The van der Waals surface area contributed by atoms with Gasteiger partial charge in [-0.3, -0.25) is 0 Å². The van der Waals surface area contributed by atoms with Crippen molar-refractivity contribution in [2.24, 2.45) is 17.3 Å². The van der Waals surface area contributed by atoms with Crippen LogP contribution in [0.2, 0.25) is 0 Å². The van der Waals surface area contributed by atoms with Crippen molar-refractivity contribution in [3.05, 3.63) is 35.5 Å². The van der Waals surface area contributed by atoms with Crippen molar-refractivity contribution >= 4 is 6.16 Å². The summed E-state index contributed by atoms with van der Waals surface area (Å²) in [5, 5.41) is 30.6. The van der Waals surface area contributed by atoms with E-state index in [0.717, 1.165) is 37.7 Å². The summed E-state index contributed by atoms with van der Waals surface area (Å²) in [5.74, 6) is 0.0748. The van der Waals surface area contributed by atoms with Gasteiger partial charge in [-0.05, 0) is 96.5 Å². The van der Waals surface area contributed by atoms with Crippen LogP contribution >= 0.6 is 0 Å². The summed E-state index contributed by atoms with van der Waals surface area (Å²) in [4.78, 5) is 11.7. The van der Waals surface area contributed by atoms with E-state index in [1.807, 2.05) is 0 Å². The standard InChI is InChI=1S/C29H45FO6/c1-6-35-26(34)36-27(2,3)25(33)13-15-29(5,30)24-12-11-23-20(8-7-14-28(23,24)4)10-9-19-16-21(31)18-22(32)17-19/h9-10,13,15,21-25,31-33H,6-8,11-12,14,16-18H2,1-5H3/b15-13+,20-10+/t21-,22-,23+,24+,25?,28+,29+/m1/s1. The third-order valence-corrected chi connectivity index (χ3v) is 8.64. The lowest BCUT2D eigenvalue weighted by atomic mass is 9.60. The predicted molar refractivity (Wildman–Crippen MR) is 137 cm³/mol. The molecule has 0 aromatic rings. The largest absolute Gasteiger partial charge is 0.508 e. The molecular formula is C29H45FO6. The summed E-state index contributed by atoms with van der Waals surface area (Å²) in [6, 6.07) is 0. The smallest absolute Gasteiger partial charge is 0.435 e. The molecule has 1 unspecified atom stereocenters. The molecule has 3 saturated carbocycles. The molecule has 204 valence electrons. The second-order valence-corrected chi connectivity index (χ2v) is 11.9. The van der Waals surface area contributed by atoms with E-state index < -0.39 is 35.7 Å². The van der Waals surface area contributed by atoms with Crippen LogP contribution in [0.3, 0.4) is 0 Å². The van der Waals surface area contributed by atoms with Crippen molar-refractivity contribution in [2.45, 2.75) is 116 Å². The Morgan fingerprint density at radius 1 is 1.19 bits per heavy atom. The van der Waals surface area contributed by atoms with Crippen LogP contribution < -0.4 is 0 Å². The van der Waals surface area contributed by atoms with Gasteiger partial charge in [0.15, 0.2) is 0 Å². The van der Waals surface area contributed by atoms with Gasteiger partial charge in [0.25, 0.3) is 0 Å². The first-order chi connectivity index (χ1) is 16.8. The highest BCUT2D eigenvalue weighted by Crippen LogP contribution is 2.61. The number of hydrogen-bond acceptors (Lipinski definition) is 6. The molecule has 0 spiro atoms. The monoisotopic (exact) mass is 508 g/mol. The minimum Gasteiger partial charge on any atom is -0.435 e. The molecule has 0 saturated heterocycles. The Labute approximate surface area is 215 Å². The Bertz CT molecular complexity index is 863. The van der Waals surface area contributed by atoms with Crippen molar-refractivity contribution in [3.63, 3.8) is 0 Å². The van der Waals surface area contributed by atoms with Crippen molar-refractivity contribution in [2.75, 3.05) is 6.61 Å². The Balaban J connectivity index is 1.73. The summed E-state index contributed by atoms with van der Waals surface area (Å²) in [6.07, 6.45) is 10.2. The number of allylic oxidation sites excluding steroid dienone is 4. The minimum absolute atomic E-state index is 0.169. The lowest BCUT2D eigenvalue weighted by molar-refractivity contribution is -0.0661. The molecule has 0 amide bonds. The van der Waals surface area contributed by atoms with Gasteiger partial charge < -0.3 is 24.8 Å². The number of aliphatic hydroxyl groups is 3. The van der Waals surface area contributed by atoms with E-state index in [4.69, 9.17) is 9.47 Å². The summed E-state index contributed by atoms with van der Waals surface area (Å²) < 4.78 is 26.2. The number of rotatable bonds is 7. The molecule has 6 nitrogen and oxygen atoms in total. The first-order valence-electron chi connectivity index (χ1n) is 13.4. The molecule has 3 aliphatic carbocycles. The molecule has 0 aromatic carbocycles. The molecule has 3 rings (SSSR count). The molecule has 7 atom stereocenters. The Kier molecular flexibility index (Phi) is 9.11. The van der Waals surface area contributed by atoms with Gasteiger partial charge in [0.1, 0.15) is 17.4 Å². The lowest BCUT2D eigenvalue weighted by Crippen LogP contribution is -2.43. The summed E-state index contributed by atoms with van der Waals surface area (Å²) in [7, 11) is 0. The van der Waals surface area contributed by atoms with Gasteiger partial charge in [-0.15, -0.1) is 0 Å². The summed E-state index contributed by atoms with van der Waals surface area (Å²) >= 11 is 0. The minimum atomic E-state index is -1.64. The van der Waals surface area contributed by atoms with Gasteiger partial charge in [0.05, 0.1) is 18.8 Å². The first-order valence-corrected chi connectivity index (χ1v) is 13.4. The third kappa shape index (κ3) is 6.59. The molecular weight excluding hydrogens is 463 g/mol. The quantitative estimate of drug-likeness (QED) is 0.308. The Morgan fingerprint density at radius 3 is 2.50 bits per heavy atom. The number of hydrogen-bond donors (Lipinski definition) is 3. The van der Waals surface area contributed by atoms with Gasteiger partial charge in [-0.2, -0.15) is 0 Å². The highest BCUT2D eigenvalue weighted by molar-refractivity contribution is 5.60. The second-order valence-electron chi connectivity index (χ2n) is 11.9. The van der Waals surface area contributed by atoms with Crippen LogP contribution in [0.15, 0.2) is 35.5 Å². The molecule has 0 radical (unpaired) electrons. The number of fused-ring (bicyclic) bond motifs is 1. The molecule has 3 aliphatic rings. The number of alkyl halides is 1. The van der Waals surface area contributed by atoms with Crippen LogP contribution in [0.4, 0.5) is 9.18 Å². The van der Waals surface area contributed by atoms with Gasteiger partial charge in [-0.1, -0.05) is 36.3 Å². The highest BCUT2D eigenvalue weighted by Gasteiger charge is 2.55. The van der Waals surface area contributed by atoms with Crippen LogP contribution in [-0.2, 0) is 9.47 Å². The molecule has 0 heterocycles. The third-order valence-electron chi connectivity index (χ3n) is 8.64. The second kappa shape index (κ2) is 11.4. The normalized spacial score (nSPS) is 34.8. The van der Waals surface area contributed by atoms with Crippen molar-refractivity contribution < 1.29 is 34.0 Å². The van der Waals surface area contributed by atoms with Gasteiger partial charge in [0.2, 0.25) is 0 Å². The van der Waals surface area contributed by atoms with Crippen LogP contribution in [0.5, 0.6) is 0 Å². The number of ether oxygens (including phenoxy) is 2. The zero-order valence-electron chi connectivity index (χ0n) is 22.5. The average molecular weight is 509 g/mol. The fourth-order valence-corrected chi connectivity index (χ4v) is 6.75. The van der Waals surface area contributed by atoms with Crippen molar-refractivity contribution in [1.29, 1.82) is 0 Å². The SMILES string of the molecule is CCOC(=O)OC(C)(C)C(O)/C=C/[C@](C)(F)[C@H]1CC[C@H]2/C(=C/C=C3C[C@@H](O)C[C@H](O)C3)CCC[C@@]21C. The zero-order chi connectivity index (χ0) is 26.7. The molecule has 0 aliphatic heterocycles. The summed E-state index contributed by atoms with van der Waals surface area (Å²) in [6.45, 7) is 8.75. The topological polar surface area (TPSA) is 96.2 Å². The average Bonchev–Trinajstić information content (AvgIpc) is 3.13. The zero-order valence-corrected chi connectivity index (χ0v) is 22.5. The van der Waals surface area contributed by atoms with Gasteiger partial charge in [-0.25, -0.2) is 9.18 Å². The first kappa shape index (κ1) is 28.9. The summed E-state index contributed by atoms with van der Waals surface area (Å²) in [5.41, 5.74) is -0.699. The van der Waals surface area contributed by atoms with Crippen LogP contribution in [0, 0.1) is 17.3 Å². The van der Waals surface area contributed by atoms with Crippen molar-refractivity contribution in [3.8, 4) is 0 Å². The highest BCUT2D eigenvalue weighted by atomic mass is 19.1. The Morgan fingerprint density at radius 2 is 1.86 bits per heavy atom. The van der Waals surface area contributed by atoms with E-state index in [0.29, 0.717) is 19.3 Å². The van der Waals surface area contributed by atoms with E-state index in [9.17, 15) is 20.1 Å². The Hall–Kier alpha value is -1.70. The van der Waals surface area contributed by atoms with Crippen LogP contribution in [-0.4, -0.2) is 57.7 Å². The molecule has 3 N–H and O–H groups in total. The molecule has 0 bridgehead atoms. The van der Waals surface area contributed by atoms with Gasteiger partial charge >= 0.3 is 6.16 Å². The molecule has 7 heteroatoms. The molecule has 36 heavy (non-hydrogen) atoms. The number of halogens is 1. The lowest BCUT2D eigenvalue weighted by Gasteiger charge is -2.45. The van der Waals surface area contributed by atoms with E-state index in [1.54, 1.807) is 27.7 Å². The number of aliphatic hydroxyl groups excluding tert-OH is 3. The van der Waals surface area contributed by atoms with E-state index >= 15 is 4.39 Å². The van der Waals surface area contributed by atoms with E-state index in [2.05, 4.69) is 19.1 Å². The van der Waals surface area contributed by atoms with Gasteiger partial charge in [0, 0.05) is 5.92 Å². The fourth-order valence-electron chi connectivity index (χ4n) is 6.75. The maximum absolute atomic E-state index is 16.2.